The Kier molecular flexibility index (Phi) is 7.22. The zero-order valence-corrected chi connectivity index (χ0v) is 14.0. The van der Waals surface area contributed by atoms with E-state index in [9.17, 15) is 4.79 Å². The van der Waals surface area contributed by atoms with Gasteiger partial charge >= 0.3 is 0 Å². The lowest BCUT2D eigenvalue weighted by Crippen LogP contribution is -2.41. The lowest BCUT2D eigenvalue weighted by Gasteiger charge is -2.26. The number of hydrogen-bond acceptors (Lipinski definition) is 6. The topological polar surface area (TPSA) is 79.4 Å². The van der Waals surface area contributed by atoms with Crippen LogP contribution in [-0.2, 0) is 4.74 Å². The Hall–Kier alpha value is -1.73. The van der Waals surface area contributed by atoms with Crippen LogP contribution in [0.1, 0.15) is 30.8 Å². The van der Waals surface area contributed by atoms with Crippen LogP contribution in [-0.4, -0.2) is 66.7 Å². The second-order valence-corrected chi connectivity index (χ2v) is 6.08. The maximum atomic E-state index is 12.1. The Labute approximate surface area is 137 Å². The normalized spacial score (nSPS) is 15.6. The van der Waals surface area contributed by atoms with Crippen molar-refractivity contribution in [1.82, 2.24) is 20.2 Å². The maximum Gasteiger partial charge on any atom is 0.270 e. The minimum Gasteiger partial charge on any atom is -0.379 e. The Morgan fingerprint density at radius 3 is 2.87 bits per heavy atom. The fourth-order valence-electron chi connectivity index (χ4n) is 2.29. The Balaban J connectivity index is 1.74. The molecule has 1 aromatic heterocycles. The number of aromatic nitrogens is 2. The first-order valence-corrected chi connectivity index (χ1v) is 8.30. The molecule has 7 nitrogen and oxygen atoms in total. The van der Waals surface area contributed by atoms with E-state index in [2.05, 4.69) is 39.3 Å². The maximum absolute atomic E-state index is 12.1. The molecular weight excluding hydrogens is 294 g/mol. The summed E-state index contributed by atoms with van der Waals surface area (Å²) < 4.78 is 5.30. The molecule has 0 spiro atoms. The zero-order valence-electron chi connectivity index (χ0n) is 14.0. The number of amides is 1. The third kappa shape index (κ3) is 6.50. The van der Waals surface area contributed by atoms with E-state index < -0.39 is 0 Å². The second kappa shape index (κ2) is 9.42. The molecule has 1 fully saturated rings. The molecule has 2 heterocycles. The monoisotopic (exact) mass is 321 g/mol. The van der Waals surface area contributed by atoms with Gasteiger partial charge in [-0.1, -0.05) is 13.8 Å². The van der Waals surface area contributed by atoms with Gasteiger partial charge in [-0.2, -0.15) is 0 Å². The second-order valence-electron chi connectivity index (χ2n) is 6.08. The van der Waals surface area contributed by atoms with Crippen LogP contribution in [0, 0.1) is 5.92 Å². The summed E-state index contributed by atoms with van der Waals surface area (Å²) in [6.45, 7) is 9.97. The Bertz CT molecular complexity index is 489. The van der Waals surface area contributed by atoms with E-state index in [-0.39, 0.29) is 5.91 Å². The van der Waals surface area contributed by atoms with Gasteiger partial charge in [0.2, 0.25) is 5.95 Å². The van der Waals surface area contributed by atoms with Crippen molar-refractivity contribution < 1.29 is 9.53 Å². The average Bonchev–Trinajstić information content (AvgIpc) is 2.56. The molecule has 1 aromatic rings. The van der Waals surface area contributed by atoms with Gasteiger partial charge in [0.25, 0.3) is 5.91 Å². The molecule has 2 N–H and O–H groups in total. The van der Waals surface area contributed by atoms with Crippen molar-refractivity contribution >= 4 is 11.9 Å². The van der Waals surface area contributed by atoms with Crippen LogP contribution in [0.2, 0.25) is 0 Å². The molecule has 0 radical (unpaired) electrons. The summed E-state index contributed by atoms with van der Waals surface area (Å²) in [5, 5.41) is 6.06. The van der Waals surface area contributed by atoms with Gasteiger partial charge in [-0.3, -0.25) is 9.69 Å². The van der Waals surface area contributed by atoms with E-state index >= 15 is 0 Å². The first kappa shape index (κ1) is 17.6. The molecule has 0 aromatic carbocycles. The summed E-state index contributed by atoms with van der Waals surface area (Å²) in [4.78, 5) is 22.8. The van der Waals surface area contributed by atoms with Crippen molar-refractivity contribution in [2.24, 2.45) is 5.92 Å². The van der Waals surface area contributed by atoms with Gasteiger partial charge in [0.15, 0.2) is 0 Å². The van der Waals surface area contributed by atoms with E-state index in [1.165, 1.54) is 0 Å². The van der Waals surface area contributed by atoms with Crippen molar-refractivity contribution in [3.05, 3.63) is 18.0 Å². The molecule has 2 rings (SSSR count). The van der Waals surface area contributed by atoms with Crippen LogP contribution >= 0.6 is 0 Å². The van der Waals surface area contributed by atoms with E-state index in [0.29, 0.717) is 24.1 Å². The number of rotatable bonds is 8. The molecule has 0 saturated carbocycles. The van der Waals surface area contributed by atoms with Crippen LogP contribution in [0.3, 0.4) is 0 Å². The number of hydrogen-bond donors (Lipinski definition) is 2. The molecule has 1 aliphatic rings. The largest absolute Gasteiger partial charge is 0.379 e. The van der Waals surface area contributed by atoms with Gasteiger partial charge in [0.1, 0.15) is 5.69 Å². The van der Waals surface area contributed by atoms with Crippen molar-refractivity contribution in [3.8, 4) is 0 Å². The molecule has 0 bridgehead atoms. The van der Waals surface area contributed by atoms with Crippen molar-refractivity contribution in [1.29, 1.82) is 0 Å². The summed E-state index contributed by atoms with van der Waals surface area (Å²) in [7, 11) is 0. The highest BCUT2D eigenvalue weighted by molar-refractivity contribution is 5.92. The standard InChI is InChI=1S/C16H27N5O2/c1-13(2)3-5-18-16-19-6-4-14(20-16)15(22)17-7-8-21-9-11-23-12-10-21/h4,6,13H,3,5,7-12H2,1-2H3,(H,17,22)(H,18,19,20). The quantitative estimate of drug-likeness (QED) is 0.743. The summed E-state index contributed by atoms with van der Waals surface area (Å²) in [6.07, 6.45) is 2.65. The number of carbonyl (C=O) groups excluding carboxylic acids is 1. The highest BCUT2D eigenvalue weighted by atomic mass is 16.5. The molecule has 128 valence electrons. The molecule has 0 atom stereocenters. The summed E-state index contributed by atoms with van der Waals surface area (Å²) >= 11 is 0. The van der Waals surface area contributed by atoms with Gasteiger partial charge in [0, 0.05) is 38.9 Å². The third-order valence-electron chi connectivity index (χ3n) is 3.71. The van der Waals surface area contributed by atoms with Crippen LogP contribution < -0.4 is 10.6 Å². The number of nitrogens with zero attached hydrogens (tertiary/aromatic N) is 3. The highest BCUT2D eigenvalue weighted by Crippen LogP contribution is 2.03. The zero-order chi connectivity index (χ0) is 16.5. The smallest absolute Gasteiger partial charge is 0.270 e. The minimum atomic E-state index is -0.160. The highest BCUT2D eigenvalue weighted by Gasteiger charge is 2.12. The predicted molar refractivity (Wildman–Crippen MR) is 89.6 cm³/mol. The molecule has 1 saturated heterocycles. The summed E-state index contributed by atoms with van der Waals surface area (Å²) in [5.74, 6) is 0.966. The molecule has 1 amide bonds. The van der Waals surface area contributed by atoms with Crippen molar-refractivity contribution in [3.63, 3.8) is 0 Å². The Morgan fingerprint density at radius 1 is 1.35 bits per heavy atom. The van der Waals surface area contributed by atoms with Crippen LogP contribution in [0.15, 0.2) is 12.3 Å². The SMILES string of the molecule is CC(C)CCNc1nccc(C(=O)NCCN2CCOCC2)n1. The lowest BCUT2D eigenvalue weighted by molar-refractivity contribution is 0.0383. The first-order chi connectivity index (χ1) is 11.1. The number of anilines is 1. The molecule has 1 aliphatic heterocycles. The van der Waals surface area contributed by atoms with Crippen molar-refractivity contribution in [2.45, 2.75) is 20.3 Å². The minimum absolute atomic E-state index is 0.160. The molecular formula is C16H27N5O2. The van der Waals surface area contributed by atoms with Gasteiger partial charge in [-0.25, -0.2) is 9.97 Å². The Morgan fingerprint density at radius 2 is 2.13 bits per heavy atom. The number of morpholine rings is 1. The van der Waals surface area contributed by atoms with E-state index in [1.807, 2.05) is 0 Å². The van der Waals surface area contributed by atoms with Crippen molar-refractivity contribution in [2.75, 3.05) is 51.3 Å². The number of nitrogens with one attached hydrogen (secondary N) is 2. The fourth-order valence-corrected chi connectivity index (χ4v) is 2.29. The third-order valence-corrected chi connectivity index (χ3v) is 3.71. The van der Waals surface area contributed by atoms with Gasteiger partial charge < -0.3 is 15.4 Å². The summed E-state index contributed by atoms with van der Waals surface area (Å²) in [5.41, 5.74) is 0.397. The fraction of sp³-hybridized carbons (Fsp3) is 0.688. The predicted octanol–water partition coefficient (Wildman–Crippen LogP) is 0.997. The number of ether oxygens (including phenoxy) is 1. The van der Waals surface area contributed by atoms with E-state index in [0.717, 1.165) is 45.8 Å². The van der Waals surface area contributed by atoms with Crippen LogP contribution in [0.5, 0.6) is 0 Å². The van der Waals surface area contributed by atoms with Gasteiger partial charge in [-0.15, -0.1) is 0 Å². The van der Waals surface area contributed by atoms with Crippen LogP contribution in [0.4, 0.5) is 5.95 Å². The van der Waals surface area contributed by atoms with Gasteiger partial charge in [-0.05, 0) is 18.4 Å². The van der Waals surface area contributed by atoms with E-state index in [4.69, 9.17) is 4.74 Å². The van der Waals surface area contributed by atoms with E-state index in [1.54, 1.807) is 12.3 Å². The molecule has 0 aliphatic carbocycles. The molecule has 0 unspecified atom stereocenters. The average molecular weight is 321 g/mol. The summed E-state index contributed by atoms with van der Waals surface area (Å²) in [6, 6.07) is 1.64. The molecule has 7 heteroatoms. The molecule has 23 heavy (non-hydrogen) atoms. The van der Waals surface area contributed by atoms with Gasteiger partial charge in [0.05, 0.1) is 13.2 Å². The first-order valence-electron chi connectivity index (χ1n) is 8.30. The number of carbonyl (C=O) groups is 1. The van der Waals surface area contributed by atoms with Crippen LogP contribution in [0.25, 0.3) is 0 Å². The lowest BCUT2D eigenvalue weighted by atomic mass is 10.1.